The van der Waals surface area contributed by atoms with Crippen LogP contribution in [0.2, 0.25) is 0 Å². The summed E-state index contributed by atoms with van der Waals surface area (Å²) in [5.41, 5.74) is 5.75. The first-order valence-electron chi connectivity index (χ1n) is 12.9. The largest absolute Gasteiger partial charge is 0.336 e. The highest BCUT2D eigenvalue weighted by molar-refractivity contribution is 6.01. The molecule has 1 aliphatic heterocycles. The van der Waals surface area contributed by atoms with Gasteiger partial charge in [-0.15, -0.1) is 0 Å². The lowest BCUT2D eigenvalue weighted by Crippen LogP contribution is -2.50. The SMILES string of the molecule is CCCCn1c(C(=O)N2CCN(C(c3ccccc3)c3ccccc3)CC2)c(C)c2ccccc21. The van der Waals surface area contributed by atoms with Crippen LogP contribution in [0.4, 0.5) is 0 Å². The van der Waals surface area contributed by atoms with E-state index in [1.807, 2.05) is 0 Å². The fourth-order valence-electron chi connectivity index (χ4n) is 5.52. The second-order valence-corrected chi connectivity index (χ2v) is 9.55. The van der Waals surface area contributed by atoms with Gasteiger partial charge >= 0.3 is 0 Å². The molecule has 1 amide bonds. The van der Waals surface area contributed by atoms with Crippen LogP contribution in [0.1, 0.15) is 53.0 Å². The van der Waals surface area contributed by atoms with Crippen molar-refractivity contribution in [3.05, 3.63) is 107 Å². The topological polar surface area (TPSA) is 28.5 Å². The predicted octanol–water partition coefficient (Wildman–Crippen LogP) is 6.30. The molecule has 1 aliphatic rings. The Labute approximate surface area is 208 Å². The average molecular weight is 466 g/mol. The van der Waals surface area contributed by atoms with Gasteiger partial charge < -0.3 is 9.47 Å². The minimum absolute atomic E-state index is 0.172. The van der Waals surface area contributed by atoms with E-state index in [0.29, 0.717) is 0 Å². The summed E-state index contributed by atoms with van der Waals surface area (Å²) in [5.74, 6) is 0.172. The summed E-state index contributed by atoms with van der Waals surface area (Å²) in [6, 6.07) is 30.1. The van der Waals surface area contributed by atoms with Gasteiger partial charge in [0.05, 0.1) is 6.04 Å². The number of hydrogen-bond donors (Lipinski definition) is 0. The number of amides is 1. The molecule has 0 saturated carbocycles. The molecule has 0 atom stereocenters. The molecule has 4 aromatic rings. The Balaban J connectivity index is 1.39. The molecule has 0 bridgehead atoms. The number of fused-ring (bicyclic) bond motifs is 1. The van der Waals surface area contributed by atoms with Crippen LogP contribution in [0.3, 0.4) is 0 Å². The summed E-state index contributed by atoms with van der Waals surface area (Å²) >= 11 is 0. The number of benzene rings is 3. The first-order valence-corrected chi connectivity index (χ1v) is 12.9. The number of aromatic nitrogens is 1. The number of unbranched alkanes of at least 4 members (excludes halogenated alkanes) is 1. The monoisotopic (exact) mass is 465 g/mol. The molecule has 0 aliphatic carbocycles. The number of carbonyl (C=O) groups excluding carboxylic acids is 1. The van der Waals surface area contributed by atoms with E-state index in [9.17, 15) is 4.79 Å². The van der Waals surface area contributed by atoms with Gasteiger partial charge in [-0.3, -0.25) is 9.69 Å². The molecule has 1 aromatic heterocycles. The zero-order valence-corrected chi connectivity index (χ0v) is 20.9. The van der Waals surface area contributed by atoms with Crippen molar-refractivity contribution in [3.8, 4) is 0 Å². The third-order valence-electron chi connectivity index (χ3n) is 7.36. The van der Waals surface area contributed by atoms with E-state index in [1.165, 1.54) is 22.0 Å². The fourth-order valence-corrected chi connectivity index (χ4v) is 5.52. The van der Waals surface area contributed by atoms with Crippen LogP contribution in [0.15, 0.2) is 84.9 Å². The predicted molar refractivity (Wildman–Crippen MR) is 144 cm³/mol. The summed E-state index contributed by atoms with van der Waals surface area (Å²) in [6.45, 7) is 8.39. The lowest BCUT2D eigenvalue weighted by molar-refractivity contribution is 0.0586. The van der Waals surface area contributed by atoms with Crippen molar-refractivity contribution >= 4 is 16.8 Å². The number of aryl methyl sites for hydroxylation is 2. The van der Waals surface area contributed by atoms with Crippen LogP contribution in [0.5, 0.6) is 0 Å². The molecule has 4 heteroatoms. The minimum Gasteiger partial charge on any atom is -0.336 e. The van der Waals surface area contributed by atoms with E-state index >= 15 is 0 Å². The summed E-state index contributed by atoms with van der Waals surface area (Å²) in [4.78, 5) is 18.5. The molecule has 180 valence electrons. The maximum atomic E-state index is 13.9. The molecule has 0 unspecified atom stereocenters. The molecule has 0 N–H and O–H groups in total. The fraction of sp³-hybridized carbons (Fsp3) is 0.323. The molecule has 1 fully saturated rings. The van der Waals surface area contributed by atoms with Gasteiger partial charge in [0.1, 0.15) is 5.69 Å². The van der Waals surface area contributed by atoms with E-state index < -0.39 is 0 Å². The van der Waals surface area contributed by atoms with Gasteiger partial charge in [0, 0.05) is 43.6 Å². The van der Waals surface area contributed by atoms with Gasteiger partial charge in [-0.25, -0.2) is 0 Å². The van der Waals surface area contributed by atoms with Gasteiger partial charge in [0.25, 0.3) is 5.91 Å². The van der Waals surface area contributed by atoms with Crippen LogP contribution in [0.25, 0.3) is 10.9 Å². The molecule has 0 spiro atoms. The van der Waals surface area contributed by atoms with Crippen LogP contribution in [-0.2, 0) is 6.54 Å². The van der Waals surface area contributed by atoms with Crippen LogP contribution >= 0.6 is 0 Å². The average Bonchev–Trinajstić information content (AvgIpc) is 3.20. The second-order valence-electron chi connectivity index (χ2n) is 9.55. The van der Waals surface area contributed by atoms with Crippen LogP contribution in [0, 0.1) is 6.92 Å². The van der Waals surface area contributed by atoms with Crippen molar-refractivity contribution < 1.29 is 4.79 Å². The maximum Gasteiger partial charge on any atom is 0.270 e. The van der Waals surface area contributed by atoms with Crippen molar-refractivity contribution in [2.45, 2.75) is 39.3 Å². The zero-order valence-electron chi connectivity index (χ0n) is 20.9. The van der Waals surface area contributed by atoms with E-state index in [-0.39, 0.29) is 11.9 Å². The van der Waals surface area contributed by atoms with Crippen LogP contribution in [-0.4, -0.2) is 46.5 Å². The minimum atomic E-state index is 0.172. The van der Waals surface area contributed by atoms with Crippen molar-refractivity contribution in [1.82, 2.24) is 14.4 Å². The van der Waals surface area contributed by atoms with Gasteiger partial charge in [-0.1, -0.05) is 92.2 Å². The van der Waals surface area contributed by atoms with Gasteiger partial charge in [0.2, 0.25) is 0 Å². The summed E-state index contributed by atoms with van der Waals surface area (Å²) in [6.07, 6.45) is 2.18. The number of para-hydroxylation sites is 1. The molecule has 2 heterocycles. The Morgan fingerprint density at radius 1 is 0.800 bits per heavy atom. The Hall–Kier alpha value is -3.37. The zero-order chi connectivity index (χ0) is 24.2. The number of hydrogen-bond acceptors (Lipinski definition) is 2. The van der Waals surface area contributed by atoms with Crippen molar-refractivity contribution in [2.75, 3.05) is 26.2 Å². The normalized spacial score (nSPS) is 14.7. The summed E-state index contributed by atoms with van der Waals surface area (Å²) < 4.78 is 2.26. The van der Waals surface area contributed by atoms with Gasteiger partial charge in [-0.2, -0.15) is 0 Å². The third-order valence-corrected chi connectivity index (χ3v) is 7.36. The van der Waals surface area contributed by atoms with E-state index in [2.05, 4.69) is 113 Å². The molecule has 4 nitrogen and oxygen atoms in total. The van der Waals surface area contributed by atoms with E-state index in [1.54, 1.807) is 0 Å². The second kappa shape index (κ2) is 10.5. The molecule has 35 heavy (non-hydrogen) atoms. The Kier molecular flexibility index (Phi) is 7.01. The summed E-state index contributed by atoms with van der Waals surface area (Å²) in [5, 5.41) is 1.19. The number of carbonyl (C=O) groups is 1. The van der Waals surface area contributed by atoms with E-state index in [0.717, 1.165) is 56.8 Å². The highest BCUT2D eigenvalue weighted by atomic mass is 16.2. The molecule has 1 saturated heterocycles. The number of rotatable bonds is 7. The quantitative estimate of drug-likeness (QED) is 0.321. The van der Waals surface area contributed by atoms with Crippen molar-refractivity contribution in [2.24, 2.45) is 0 Å². The lowest BCUT2D eigenvalue weighted by atomic mass is 9.96. The molecule has 3 aromatic carbocycles. The Morgan fingerprint density at radius 2 is 1.37 bits per heavy atom. The third kappa shape index (κ3) is 4.63. The maximum absolute atomic E-state index is 13.9. The smallest absolute Gasteiger partial charge is 0.270 e. The Morgan fingerprint density at radius 3 is 1.97 bits per heavy atom. The standard InChI is InChI=1S/C31H35N3O/c1-3-4-19-34-28-18-12-11-17-27(28)24(2)29(34)31(35)33-22-20-32(21-23-33)30(25-13-7-5-8-14-25)26-15-9-6-10-16-26/h5-18,30H,3-4,19-23H2,1-2H3. The highest BCUT2D eigenvalue weighted by Gasteiger charge is 2.31. The number of nitrogens with zero attached hydrogens (tertiary/aromatic N) is 3. The van der Waals surface area contributed by atoms with Crippen LogP contribution < -0.4 is 0 Å². The first kappa shape index (κ1) is 23.4. The van der Waals surface area contributed by atoms with Crippen molar-refractivity contribution in [3.63, 3.8) is 0 Å². The lowest BCUT2D eigenvalue weighted by Gasteiger charge is -2.40. The number of piperazine rings is 1. The van der Waals surface area contributed by atoms with Gasteiger partial charge in [-0.05, 0) is 36.1 Å². The molecular weight excluding hydrogens is 430 g/mol. The Bertz CT molecular complexity index is 1230. The molecule has 0 radical (unpaired) electrons. The first-order chi connectivity index (χ1) is 17.2. The summed E-state index contributed by atoms with van der Waals surface area (Å²) in [7, 11) is 0. The van der Waals surface area contributed by atoms with Crippen molar-refractivity contribution in [1.29, 1.82) is 0 Å². The molecular formula is C31H35N3O. The van der Waals surface area contributed by atoms with E-state index in [4.69, 9.17) is 0 Å². The molecule has 5 rings (SSSR count). The van der Waals surface area contributed by atoms with Gasteiger partial charge in [0.15, 0.2) is 0 Å². The highest BCUT2D eigenvalue weighted by Crippen LogP contribution is 2.31.